The lowest BCUT2D eigenvalue weighted by Gasteiger charge is -2.15. The molecule has 0 bridgehead atoms. The number of hydrogen-bond acceptors (Lipinski definition) is 8. The van der Waals surface area contributed by atoms with Gasteiger partial charge in [0.25, 0.3) is 11.8 Å². The number of fused-ring (bicyclic) bond motifs is 1. The molecule has 9 nitrogen and oxygen atoms in total. The average Bonchev–Trinajstić information content (AvgIpc) is 3.13. The van der Waals surface area contributed by atoms with Gasteiger partial charge in [-0.25, -0.2) is 9.37 Å². The van der Waals surface area contributed by atoms with Gasteiger partial charge in [-0.1, -0.05) is 25.1 Å². The summed E-state index contributed by atoms with van der Waals surface area (Å²) in [5, 5.41) is 6.28. The van der Waals surface area contributed by atoms with E-state index in [1.807, 2.05) is 6.92 Å². The van der Waals surface area contributed by atoms with Crippen LogP contribution >= 0.6 is 0 Å². The summed E-state index contributed by atoms with van der Waals surface area (Å²) in [5.41, 5.74) is 2.13. The number of carbonyl (C=O) groups is 2. The lowest BCUT2D eigenvalue weighted by Crippen LogP contribution is -2.31. The molecule has 1 aliphatic heterocycles. The van der Waals surface area contributed by atoms with E-state index in [0.29, 0.717) is 47.3 Å². The van der Waals surface area contributed by atoms with E-state index < -0.39 is 0 Å². The number of nitrogens with one attached hydrogen (secondary N) is 2. The van der Waals surface area contributed by atoms with Gasteiger partial charge in [-0.05, 0) is 49.2 Å². The van der Waals surface area contributed by atoms with Crippen LogP contribution in [-0.2, 0) is 11.3 Å². The smallest absolute Gasteiger partial charge is 0.261 e. The number of allylic oxidation sites excluding steroid dienone is 1. The van der Waals surface area contributed by atoms with Gasteiger partial charge < -0.3 is 15.5 Å². The molecule has 0 atom stereocenters. The van der Waals surface area contributed by atoms with Gasteiger partial charge in [0.2, 0.25) is 5.95 Å². The summed E-state index contributed by atoms with van der Waals surface area (Å²) in [6.45, 7) is 2.88. The molecule has 3 aromatic rings. The highest BCUT2D eigenvalue weighted by atomic mass is 19.1. The predicted octanol–water partition coefficient (Wildman–Crippen LogP) is 4.18. The van der Waals surface area contributed by atoms with Crippen molar-refractivity contribution in [3.8, 4) is 0 Å². The van der Waals surface area contributed by atoms with Crippen LogP contribution in [0.25, 0.3) is 0 Å². The van der Waals surface area contributed by atoms with Crippen LogP contribution in [0, 0.1) is 5.82 Å². The Balaban J connectivity index is 1.44. The summed E-state index contributed by atoms with van der Waals surface area (Å²) < 4.78 is 13.5. The Hall–Kier alpha value is -4.31. The Labute approximate surface area is 208 Å². The number of halogens is 1. The Kier molecular flexibility index (Phi) is 7.86. The van der Waals surface area contributed by atoms with Crippen LogP contribution in [0.5, 0.6) is 0 Å². The number of amides is 2. The molecule has 2 aromatic carbocycles. The molecule has 0 aliphatic carbocycles. The highest BCUT2D eigenvalue weighted by Gasteiger charge is 2.34. The van der Waals surface area contributed by atoms with Gasteiger partial charge in [0.15, 0.2) is 0 Å². The zero-order valence-corrected chi connectivity index (χ0v) is 19.8. The van der Waals surface area contributed by atoms with Crippen molar-refractivity contribution >= 4 is 29.3 Å². The van der Waals surface area contributed by atoms with Crippen LogP contribution in [0.4, 0.5) is 21.8 Å². The second-order valence-corrected chi connectivity index (χ2v) is 8.18. The second kappa shape index (κ2) is 11.4. The van der Waals surface area contributed by atoms with Crippen molar-refractivity contribution in [2.45, 2.75) is 26.2 Å². The maximum Gasteiger partial charge on any atom is 0.261 e. The van der Waals surface area contributed by atoms with E-state index in [0.717, 1.165) is 12.0 Å². The Morgan fingerprint density at radius 2 is 1.89 bits per heavy atom. The number of aromatic nitrogens is 2. The molecule has 1 aliphatic rings. The summed E-state index contributed by atoms with van der Waals surface area (Å²) in [4.78, 5) is 40.2. The van der Waals surface area contributed by atoms with Crippen molar-refractivity contribution in [1.29, 1.82) is 0 Å². The maximum absolute atomic E-state index is 13.5. The van der Waals surface area contributed by atoms with Crippen molar-refractivity contribution in [3.05, 3.63) is 89.1 Å². The molecule has 1 aromatic heterocycles. The number of rotatable bonds is 11. The van der Waals surface area contributed by atoms with E-state index in [9.17, 15) is 14.0 Å². The first-order valence-electron chi connectivity index (χ1n) is 11.6. The molecule has 0 saturated carbocycles. The van der Waals surface area contributed by atoms with E-state index in [4.69, 9.17) is 10.7 Å². The number of nitrogens with two attached hydrogens (primary N) is 1. The van der Waals surface area contributed by atoms with E-state index in [2.05, 4.69) is 20.6 Å². The predicted molar refractivity (Wildman–Crippen MR) is 134 cm³/mol. The number of hydrogen-bond donors (Lipinski definition) is 3. The minimum absolute atomic E-state index is 0.142. The van der Waals surface area contributed by atoms with E-state index >= 15 is 0 Å². The molecule has 36 heavy (non-hydrogen) atoms. The minimum atomic E-state index is -0.360. The van der Waals surface area contributed by atoms with Crippen LogP contribution in [-0.4, -0.2) is 39.8 Å². The number of imide groups is 1. The van der Waals surface area contributed by atoms with E-state index in [1.54, 1.807) is 48.7 Å². The zero-order valence-electron chi connectivity index (χ0n) is 19.8. The number of benzene rings is 2. The summed E-state index contributed by atoms with van der Waals surface area (Å²) in [7, 11) is 0. The fourth-order valence-electron chi connectivity index (χ4n) is 3.81. The van der Waals surface area contributed by atoms with Crippen LogP contribution in [0.15, 0.2) is 66.6 Å². The van der Waals surface area contributed by atoms with Gasteiger partial charge in [0.1, 0.15) is 17.4 Å². The third-order valence-electron chi connectivity index (χ3n) is 5.65. The molecule has 10 heteroatoms. The fourth-order valence-corrected chi connectivity index (χ4v) is 3.81. The molecule has 0 saturated heterocycles. The molecule has 2 heterocycles. The monoisotopic (exact) mass is 490 g/mol. The Morgan fingerprint density at radius 3 is 2.56 bits per heavy atom. The van der Waals surface area contributed by atoms with Crippen molar-refractivity contribution in [1.82, 2.24) is 14.9 Å². The van der Waals surface area contributed by atoms with Crippen LogP contribution < -0.4 is 16.5 Å². The van der Waals surface area contributed by atoms with E-state index in [1.165, 1.54) is 17.0 Å². The van der Waals surface area contributed by atoms with Crippen molar-refractivity contribution in [3.63, 3.8) is 0 Å². The summed E-state index contributed by atoms with van der Waals surface area (Å²) in [5.74, 6) is 5.84. The molecular formula is C26H27FN6O3. The quantitative estimate of drug-likeness (QED) is 0.208. The lowest BCUT2D eigenvalue weighted by molar-refractivity contribution is 0.0647. The summed E-state index contributed by atoms with van der Waals surface area (Å²) in [6.07, 6.45) is 5.00. The van der Waals surface area contributed by atoms with Crippen molar-refractivity contribution < 1.29 is 18.8 Å². The van der Waals surface area contributed by atoms with Gasteiger partial charge in [-0.2, -0.15) is 10.9 Å². The van der Waals surface area contributed by atoms with Gasteiger partial charge in [0.05, 0.1) is 11.1 Å². The van der Waals surface area contributed by atoms with Crippen molar-refractivity contribution in [2.24, 2.45) is 5.90 Å². The molecule has 0 spiro atoms. The topological polar surface area (TPSA) is 122 Å². The van der Waals surface area contributed by atoms with Gasteiger partial charge >= 0.3 is 0 Å². The van der Waals surface area contributed by atoms with E-state index in [-0.39, 0.29) is 30.6 Å². The van der Waals surface area contributed by atoms with Crippen LogP contribution in [0.2, 0.25) is 0 Å². The standard InChI is InChI=1S/C26H27FN6O3/c1-2-13-29-23-17(16-30-26(32-23)31-19-7-5-6-18(27)15-19)10-11-20(36-28)12-14-33-24(34)21-8-3-4-9-22(21)25(33)35/h3-9,11,15-16H,2,10,12-14,28H2,1H3,(H2,29,30,31,32)/b20-11-. The highest BCUT2D eigenvalue weighted by molar-refractivity contribution is 6.21. The third-order valence-corrected chi connectivity index (χ3v) is 5.65. The normalized spacial score (nSPS) is 13.1. The largest absolute Gasteiger partial charge is 0.416 e. The summed E-state index contributed by atoms with van der Waals surface area (Å²) >= 11 is 0. The third kappa shape index (κ3) is 5.66. The molecule has 4 rings (SSSR count). The SMILES string of the molecule is CCCNc1nc(Nc2cccc(F)c2)ncc1C/C=C(/CCN1C(=O)c2ccccc2C1=O)ON. The zero-order chi connectivity index (χ0) is 25.5. The van der Waals surface area contributed by atoms with Crippen LogP contribution in [0.3, 0.4) is 0 Å². The molecular weight excluding hydrogens is 463 g/mol. The first kappa shape index (κ1) is 24.8. The first-order chi connectivity index (χ1) is 17.5. The molecule has 2 amide bonds. The molecule has 0 radical (unpaired) electrons. The fraction of sp³-hybridized carbons (Fsp3) is 0.231. The summed E-state index contributed by atoms with van der Waals surface area (Å²) in [6, 6.07) is 12.8. The van der Waals surface area contributed by atoms with Crippen LogP contribution in [0.1, 0.15) is 46.0 Å². The van der Waals surface area contributed by atoms with Gasteiger partial charge in [0, 0.05) is 37.0 Å². The van der Waals surface area contributed by atoms with Gasteiger partial charge in [-0.15, -0.1) is 0 Å². The Morgan fingerprint density at radius 1 is 1.14 bits per heavy atom. The van der Waals surface area contributed by atoms with Crippen molar-refractivity contribution in [2.75, 3.05) is 23.7 Å². The minimum Gasteiger partial charge on any atom is -0.416 e. The second-order valence-electron chi connectivity index (χ2n) is 8.18. The average molecular weight is 491 g/mol. The molecule has 4 N–H and O–H groups in total. The number of carbonyl (C=O) groups excluding carboxylic acids is 2. The number of nitrogens with zero attached hydrogens (tertiary/aromatic N) is 3. The molecule has 186 valence electrons. The Bertz CT molecular complexity index is 1260. The maximum atomic E-state index is 13.5. The molecule has 0 unspecified atom stereocenters. The van der Waals surface area contributed by atoms with Gasteiger partial charge in [-0.3, -0.25) is 14.5 Å². The molecule has 0 fully saturated rings. The number of anilines is 3. The lowest BCUT2D eigenvalue weighted by atomic mass is 10.1. The first-order valence-corrected chi connectivity index (χ1v) is 11.6. The highest BCUT2D eigenvalue weighted by Crippen LogP contribution is 2.24.